The number of para-hydroxylation sites is 1. The predicted octanol–water partition coefficient (Wildman–Crippen LogP) is 2.33. The van der Waals surface area contributed by atoms with Crippen LogP contribution in [0.3, 0.4) is 0 Å². The van der Waals surface area contributed by atoms with Crippen molar-refractivity contribution in [1.82, 2.24) is 5.32 Å². The van der Waals surface area contributed by atoms with E-state index in [1.165, 1.54) is 18.2 Å². The second-order valence-electron chi connectivity index (χ2n) is 4.53. The number of benzene rings is 1. The van der Waals surface area contributed by atoms with Crippen LogP contribution in [-0.4, -0.2) is 11.6 Å². The molecule has 2 amide bonds. The number of amides is 2. The van der Waals surface area contributed by atoms with Gasteiger partial charge in [0.05, 0.1) is 5.69 Å². The third-order valence-electron chi connectivity index (χ3n) is 1.77. The van der Waals surface area contributed by atoms with Gasteiger partial charge in [0.15, 0.2) is 0 Å². The Morgan fingerprint density at radius 1 is 1.38 bits per heavy atom. The van der Waals surface area contributed by atoms with Gasteiger partial charge in [-0.1, -0.05) is 6.07 Å². The van der Waals surface area contributed by atoms with Gasteiger partial charge in [-0.15, -0.1) is 0 Å². The van der Waals surface area contributed by atoms with Crippen LogP contribution in [0.2, 0.25) is 0 Å². The quantitative estimate of drug-likeness (QED) is 0.642. The zero-order valence-electron chi connectivity index (χ0n) is 9.60. The van der Waals surface area contributed by atoms with Gasteiger partial charge < -0.3 is 16.4 Å². The number of carbonyl (C=O) groups excluding carboxylic acids is 1. The molecule has 0 aromatic heterocycles. The van der Waals surface area contributed by atoms with Gasteiger partial charge in [0.2, 0.25) is 0 Å². The standard InChI is InChI=1S/C11H16FN3O/c1-11(2,3)15-10(16)14-9-7(12)5-4-6-8(9)13/h4-6H,13H2,1-3H3,(H2,14,15,16). The van der Waals surface area contributed by atoms with Crippen molar-refractivity contribution in [3.63, 3.8) is 0 Å². The molecule has 1 aromatic rings. The van der Waals surface area contributed by atoms with Crippen LogP contribution in [0.15, 0.2) is 18.2 Å². The minimum Gasteiger partial charge on any atom is -0.397 e. The smallest absolute Gasteiger partial charge is 0.319 e. The summed E-state index contributed by atoms with van der Waals surface area (Å²) in [4.78, 5) is 11.5. The lowest BCUT2D eigenvalue weighted by Crippen LogP contribution is -2.43. The number of hydrogen-bond donors (Lipinski definition) is 3. The van der Waals surface area contributed by atoms with Gasteiger partial charge in [-0.2, -0.15) is 0 Å². The van der Waals surface area contributed by atoms with Crippen LogP contribution in [0.25, 0.3) is 0 Å². The molecule has 0 saturated carbocycles. The Balaban J connectivity index is 2.78. The van der Waals surface area contributed by atoms with Crippen molar-refractivity contribution in [2.24, 2.45) is 0 Å². The highest BCUT2D eigenvalue weighted by molar-refractivity contribution is 5.93. The average molecular weight is 225 g/mol. The maximum atomic E-state index is 13.3. The zero-order valence-corrected chi connectivity index (χ0v) is 9.60. The van der Waals surface area contributed by atoms with Crippen molar-refractivity contribution in [1.29, 1.82) is 0 Å². The van der Waals surface area contributed by atoms with Gasteiger partial charge >= 0.3 is 6.03 Å². The lowest BCUT2D eigenvalue weighted by atomic mass is 10.1. The van der Waals surface area contributed by atoms with Crippen molar-refractivity contribution in [3.8, 4) is 0 Å². The number of nitrogens with one attached hydrogen (secondary N) is 2. The molecule has 0 aliphatic heterocycles. The highest BCUT2D eigenvalue weighted by Gasteiger charge is 2.15. The molecule has 4 nitrogen and oxygen atoms in total. The van der Waals surface area contributed by atoms with Crippen molar-refractivity contribution < 1.29 is 9.18 Å². The lowest BCUT2D eigenvalue weighted by Gasteiger charge is -2.21. The SMILES string of the molecule is CC(C)(C)NC(=O)Nc1c(N)cccc1F. The van der Waals surface area contributed by atoms with Crippen LogP contribution >= 0.6 is 0 Å². The minimum atomic E-state index is -0.552. The van der Waals surface area contributed by atoms with Crippen LogP contribution in [0, 0.1) is 5.82 Å². The number of nitrogens with two attached hydrogens (primary N) is 1. The molecule has 88 valence electrons. The monoisotopic (exact) mass is 225 g/mol. The second-order valence-corrected chi connectivity index (χ2v) is 4.53. The Hall–Kier alpha value is -1.78. The van der Waals surface area contributed by atoms with Gasteiger partial charge in [-0.3, -0.25) is 0 Å². The molecule has 1 rings (SSSR count). The number of nitrogen functional groups attached to an aromatic ring is 1. The molecule has 0 radical (unpaired) electrons. The first-order valence-corrected chi connectivity index (χ1v) is 4.93. The van der Waals surface area contributed by atoms with E-state index in [1.807, 2.05) is 20.8 Å². The summed E-state index contributed by atoms with van der Waals surface area (Å²) in [7, 11) is 0. The van der Waals surface area contributed by atoms with E-state index in [1.54, 1.807) is 0 Å². The molecule has 0 heterocycles. The lowest BCUT2D eigenvalue weighted by molar-refractivity contribution is 0.243. The average Bonchev–Trinajstić information content (AvgIpc) is 2.08. The summed E-state index contributed by atoms with van der Waals surface area (Å²) in [6.45, 7) is 5.49. The summed E-state index contributed by atoms with van der Waals surface area (Å²) in [5, 5.41) is 5.03. The number of hydrogen-bond acceptors (Lipinski definition) is 2. The topological polar surface area (TPSA) is 67.2 Å². The van der Waals surface area contributed by atoms with Crippen LogP contribution < -0.4 is 16.4 Å². The van der Waals surface area contributed by atoms with Crippen LogP contribution in [0.4, 0.5) is 20.6 Å². The van der Waals surface area contributed by atoms with Gasteiger partial charge in [0.25, 0.3) is 0 Å². The fraction of sp³-hybridized carbons (Fsp3) is 0.364. The fourth-order valence-electron chi connectivity index (χ4n) is 1.16. The van der Waals surface area contributed by atoms with Crippen molar-refractivity contribution in [2.45, 2.75) is 26.3 Å². The first kappa shape index (κ1) is 12.3. The Labute approximate surface area is 94.0 Å². The van der Waals surface area contributed by atoms with E-state index in [9.17, 15) is 9.18 Å². The number of urea groups is 1. The maximum absolute atomic E-state index is 13.3. The molecule has 0 spiro atoms. The van der Waals surface area contributed by atoms with E-state index in [0.717, 1.165) is 0 Å². The van der Waals surface area contributed by atoms with E-state index in [4.69, 9.17) is 5.73 Å². The molecule has 4 N–H and O–H groups in total. The summed E-state index contributed by atoms with van der Waals surface area (Å²) in [5.74, 6) is -0.552. The fourth-order valence-corrected chi connectivity index (χ4v) is 1.16. The molecule has 0 unspecified atom stereocenters. The first-order valence-electron chi connectivity index (χ1n) is 4.93. The van der Waals surface area contributed by atoms with E-state index in [2.05, 4.69) is 10.6 Å². The number of anilines is 2. The molecule has 0 bridgehead atoms. The molecule has 0 fully saturated rings. The van der Waals surface area contributed by atoms with Gasteiger partial charge in [-0.05, 0) is 32.9 Å². The summed E-state index contributed by atoms with van der Waals surface area (Å²) < 4.78 is 13.3. The largest absolute Gasteiger partial charge is 0.397 e. The summed E-state index contributed by atoms with van der Waals surface area (Å²) in [6, 6.07) is 3.76. The molecular formula is C11H16FN3O. The maximum Gasteiger partial charge on any atom is 0.319 e. The van der Waals surface area contributed by atoms with Crippen molar-refractivity contribution in [2.75, 3.05) is 11.1 Å². The van der Waals surface area contributed by atoms with Crippen LogP contribution in [0.5, 0.6) is 0 Å². The first-order chi connectivity index (χ1) is 7.29. The van der Waals surface area contributed by atoms with Crippen LogP contribution in [-0.2, 0) is 0 Å². The van der Waals surface area contributed by atoms with Crippen molar-refractivity contribution in [3.05, 3.63) is 24.0 Å². The van der Waals surface area contributed by atoms with E-state index in [0.29, 0.717) is 0 Å². The van der Waals surface area contributed by atoms with Gasteiger partial charge in [0.1, 0.15) is 11.5 Å². The normalized spacial score (nSPS) is 11.0. The predicted molar refractivity (Wildman–Crippen MR) is 62.7 cm³/mol. The number of rotatable bonds is 1. The summed E-state index contributed by atoms with van der Waals surface area (Å²) in [5.41, 5.74) is 5.37. The zero-order chi connectivity index (χ0) is 12.3. The van der Waals surface area contributed by atoms with E-state index in [-0.39, 0.29) is 16.9 Å². The Morgan fingerprint density at radius 3 is 2.50 bits per heavy atom. The third-order valence-corrected chi connectivity index (χ3v) is 1.77. The van der Waals surface area contributed by atoms with E-state index >= 15 is 0 Å². The van der Waals surface area contributed by atoms with E-state index < -0.39 is 11.8 Å². The molecule has 0 saturated heterocycles. The highest BCUT2D eigenvalue weighted by atomic mass is 19.1. The Bertz CT molecular complexity index is 378. The Morgan fingerprint density at radius 2 is 2.00 bits per heavy atom. The summed E-state index contributed by atoms with van der Waals surface area (Å²) in [6.07, 6.45) is 0. The number of carbonyl (C=O) groups is 1. The minimum absolute atomic E-state index is 0.00394. The molecule has 0 aliphatic carbocycles. The second kappa shape index (κ2) is 4.38. The molecule has 1 aromatic carbocycles. The molecular weight excluding hydrogens is 209 g/mol. The molecule has 0 aliphatic rings. The van der Waals surface area contributed by atoms with Crippen molar-refractivity contribution >= 4 is 17.4 Å². The third kappa shape index (κ3) is 3.42. The molecule has 5 heteroatoms. The Kier molecular flexibility index (Phi) is 3.37. The van der Waals surface area contributed by atoms with Crippen LogP contribution in [0.1, 0.15) is 20.8 Å². The van der Waals surface area contributed by atoms with Gasteiger partial charge in [0, 0.05) is 5.54 Å². The highest BCUT2D eigenvalue weighted by Crippen LogP contribution is 2.21. The molecule has 16 heavy (non-hydrogen) atoms. The number of halogens is 1. The van der Waals surface area contributed by atoms with Gasteiger partial charge in [-0.25, -0.2) is 9.18 Å². The molecule has 0 atom stereocenters. The summed E-state index contributed by atoms with van der Waals surface area (Å²) >= 11 is 0.